The van der Waals surface area contributed by atoms with E-state index in [0.29, 0.717) is 13.1 Å². The van der Waals surface area contributed by atoms with Gasteiger partial charge in [-0.05, 0) is 18.6 Å². The molecule has 0 spiro atoms. The monoisotopic (exact) mass is 235 g/mol. The number of nitrogens with zero attached hydrogens (tertiary/aromatic N) is 2. The Morgan fingerprint density at radius 3 is 3.12 bits per heavy atom. The molecule has 1 saturated heterocycles. The Kier molecular flexibility index (Phi) is 3.71. The lowest BCUT2D eigenvalue weighted by Crippen LogP contribution is -2.60. The normalized spacial score (nSPS) is 25.6. The van der Waals surface area contributed by atoms with Gasteiger partial charge in [0, 0.05) is 31.5 Å². The molecule has 0 radical (unpaired) electrons. The molecule has 1 fully saturated rings. The number of aliphatic hydroxyl groups excluding tert-OH is 1. The summed E-state index contributed by atoms with van der Waals surface area (Å²) in [6.07, 6.45) is 3.51. The number of aromatic nitrogens is 1. The third kappa shape index (κ3) is 2.62. The van der Waals surface area contributed by atoms with Gasteiger partial charge in [0.05, 0.1) is 6.61 Å². The van der Waals surface area contributed by atoms with Gasteiger partial charge in [-0.15, -0.1) is 0 Å². The van der Waals surface area contributed by atoms with Crippen LogP contribution in [0.1, 0.15) is 12.5 Å². The van der Waals surface area contributed by atoms with Crippen molar-refractivity contribution in [3.05, 3.63) is 30.1 Å². The summed E-state index contributed by atoms with van der Waals surface area (Å²) in [4.78, 5) is 17.7. The summed E-state index contributed by atoms with van der Waals surface area (Å²) in [7, 11) is 0. The molecule has 1 amide bonds. The Bertz CT molecular complexity index is 383. The highest BCUT2D eigenvalue weighted by Crippen LogP contribution is 2.14. The molecule has 1 aliphatic heterocycles. The van der Waals surface area contributed by atoms with Crippen LogP contribution in [0, 0.1) is 0 Å². The fraction of sp³-hybridized carbons (Fsp3) is 0.500. The summed E-state index contributed by atoms with van der Waals surface area (Å²) in [5.41, 5.74) is 1.05. The van der Waals surface area contributed by atoms with E-state index in [9.17, 15) is 9.90 Å². The minimum atomic E-state index is -0.459. The average molecular weight is 235 g/mol. The van der Waals surface area contributed by atoms with Crippen LogP contribution >= 0.6 is 0 Å². The first-order valence-corrected chi connectivity index (χ1v) is 5.75. The largest absolute Gasteiger partial charge is 0.394 e. The fourth-order valence-electron chi connectivity index (χ4n) is 2.10. The molecule has 17 heavy (non-hydrogen) atoms. The zero-order valence-electron chi connectivity index (χ0n) is 9.84. The Morgan fingerprint density at radius 1 is 1.65 bits per heavy atom. The zero-order chi connectivity index (χ0) is 12.3. The number of aliphatic hydroxyl groups is 1. The van der Waals surface area contributed by atoms with Crippen LogP contribution in [0.4, 0.5) is 0 Å². The van der Waals surface area contributed by atoms with Gasteiger partial charge in [0.1, 0.15) is 6.04 Å². The second-order valence-electron chi connectivity index (χ2n) is 4.33. The Morgan fingerprint density at radius 2 is 2.47 bits per heavy atom. The summed E-state index contributed by atoms with van der Waals surface area (Å²) in [5.74, 6) is -0.102. The van der Waals surface area contributed by atoms with E-state index >= 15 is 0 Å². The van der Waals surface area contributed by atoms with Crippen molar-refractivity contribution in [3.63, 3.8) is 0 Å². The van der Waals surface area contributed by atoms with Crippen molar-refractivity contribution in [1.29, 1.82) is 0 Å². The number of hydrogen-bond donors (Lipinski definition) is 2. The molecule has 5 heteroatoms. The number of rotatable bonds is 3. The number of carbonyl (C=O) groups excluding carboxylic acids is 1. The number of amides is 1. The van der Waals surface area contributed by atoms with Crippen LogP contribution in [0.3, 0.4) is 0 Å². The molecule has 0 aromatic carbocycles. The smallest absolute Gasteiger partial charge is 0.239 e. The predicted octanol–water partition coefficient (Wildman–Crippen LogP) is -0.237. The Balaban J connectivity index is 2.13. The minimum Gasteiger partial charge on any atom is -0.394 e. The quantitative estimate of drug-likeness (QED) is 0.759. The van der Waals surface area contributed by atoms with Crippen LogP contribution in [-0.2, 0) is 11.3 Å². The zero-order valence-corrected chi connectivity index (χ0v) is 9.84. The van der Waals surface area contributed by atoms with Crippen LogP contribution < -0.4 is 5.32 Å². The van der Waals surface area contributed by atoms with E-state index < -0.39 is 6.04 Å². The second kappa shape index (κ2) is 5.25. The molecule has 5 nitrogen and oxygen atoms in total. The van der Waals surface area contributed by atoms with Gasteiger partial charge in [0.15, 0.2) is 0 Å². The van der Waals surface area contributed by atoms with Gasteiger partial charge in [-0.25, -0.2) is 0 Å². The lowest BCUT2D eigenvalue weighted by Gasteiger charge is -2.39. The molecule has 0 aliphatic carbocycles. The number of nitrogens with one attached hydrogen (secondary N) is 1. The summed E-state index contributed by atoms with van der Waals surface area (Å²) in [5, 5.41) is 12.1. The van der Waals surface area contributed by atoms with E-state index in [2.05, 4.69) is 10.3 Å². The van der Waals surface area contributed by atoms with Gasteiger partial charge in [-0.3, -0.25) is 14.7 Å². The summed E-state index contributed by atoms with van der Waals surface area (Å²) >= 11 is 0. The molecule has 2 heterocycles. The molecule has 1 aliphatic rings. The summed E-state index contributed by atoms with van der Waals surface area (Å²) in [6, 6.07) is 3.60. The van der Waals surface area contributed by atoms with Crippen molar-refractivity contribution in [2.24, 2.45) is 0 Å². The fourth-order valence-corrected chi connectivity index (χ4v) is 2.10. The van der Waals surface area contributed by atoms with Gasteiger partial charge in [0.25, 0.3) is 0 Å². The molecule has 2 unspecified atom stereocenters. The lowest BCUT2D eigenvalue weighted by atomic mass is 10.1. The van der Waals surface area contributed by atoms with Crippen molar-refractivity contribution in [2.45, 2.75) is 25.6 Å². The summed E-state index contributed by atoms with van der Waals surface area (Å²) < 4.78 is 0. The molecule has 1 aromatic heterocycles. The minimum absolute atomic E-state index is 0.102. The first kappa shape index (κ1) is 12.0. The molecule has 2 atom stereocenters. The van der Waals surface area contributed by atoms with E-state index in [1.807, 2.05) is 24.0 Å². The molecule has 2 N–H and O–H groups in total. The van der Waals surface area contributed by atoms with E-state index in [1.165, 1.54) is 0 Å². The number of pyridine rings is 1. The van der Waals surface area contributed by atoms with E-state index in [1.54, 1.807) is 12.4 Å². The van der Waals surface area contributed by atoms with Crippen LogP contribution in [-0.4, -0.2) is 46.1 Å². The molecule has 1 aromatic rings. The topological polar surface area (TPSA) is 65.5 Å². The van der Waals surface area contributed by atoms with E-state index in [0.717, 1.165) is 5.56 Å². The molecule has 0 bridgehead atoms. The third-order valence-corrected chi connectivity index (χ3v) is 3.10. The van der Waals surface area contributed by atoms with Gasteiger partial charge in [-0.1, -0.05) is 6.07 Å². The van der Waals surface area contributed by atoms with Crippen LogP contribution in [0.5, 0.6) is 0 Å². The summed E-state index contributed by atoms with van der Waals surface area (Å²) in [6.45, 7) is 3.14. The molecular formula is C12H17N3O2. The van der Waals surface area contributed by atoms with Crippen molar-refractivity contribution >= 4 is 5.91 Å². The number of piperazine rings is 1. The van der Waals surface area contributed by atoms with Crippen molar-refractivity contribution in [3.8, 4) is 0 Å². The maximum atomic E-state index is 11.6. The molecule has 2 rings (SSSR count). The lowest BCUT2D eigenvalue weighted by molar-refractivity contribution is -0.133. The molecule has 92 valence electrons. The maximum absolute atomic E-state index is 11.6. The highest BCUT2D eigenvalue weighted by molar-refractivity contribution is 5.82. The molecule has 0 saturated carbocycles. The number of hydrogen-bond acceptors (Lipinski definition) is 4. The van der Waals surface area contributed by atoms with Crippen LogP contribution in [0.25, 0.3) is 0 Å². The SMILES string of the molecule is CC1CNC(=O)C(CO)N1Cc1cccnc1. The van der Waals surface area contributed by atoms with Crippen molar-refractivity contribution in [1.82, 2.24) is 15.2 Å². The van der Waals surface area contributed by atoms with Gasteiger partial charge in [-0.2, -0.15) is 0 Å². The Hall–Kier alpha value is -1.46. The third-order valence-electron chi connectivity index (χ3n) is 3.10. The van der Waals surface area contributed by atoms with Crippen LogP contribution in [0.2, 0.25) is 0 Å². The molecular weight excluding hydrogens is 218 g/mol. The highest BCUT2D eigenvalue weighted by atomic mass is 16.3. The number of carbonyl (C=O) groups is 1. The average Bonchev–Trinajstić information content (AvgIpc) is 2.35. The van der Waals surface area contributed by atoms with Crippen molar-refractivity contribution < 1.29 is 9.90 Å². The first-order valence-electron chi connectivity index (χ1n) is 5.75. The maximum Gasteiger partial charge on any atom is 0.239 e. The highest BCUT2D eigenvalue weighted by Gasteiger charge is 2.33. The Labute approximate surface area is 100 Å². The van der Waals surface area contributed by atoms with Crippen molar-refractivity contribution in [2.75, 3.05) is 13.2 Å². The van der Waals surface area contributed by atoms with Gasteiger partial charge >= 0.3 is 0 Å². The predicted molar refractivity (Wildman–Crippen MR) is 63.1 cm³/mol. The first-order chi connectivity index (χ1) is 8.22. The second-order valence-corrected chi connectivity index (χ2v) is 4.33. The van der Waals surface area contributed by atoms with E-state index in [4.69, 9.17) is 0 Å². The van der Waals surface area contributed by atoms with Crippen LogP contribution in [0.15, 0.2) is 24.5 Å². The van der Waals surface area contributed by atoms with Gasteiger partial charge in [0.2, 0.25) is 5.91 Å². The van der Waals surface area contributed by atoms with E-state index in [-0.39, 0.29) is 18.6 Å². The standard InChI is InChI=1S/C12H17N3O2/c1-9-5-14-12(17)11(8-16)15(9)7-10-3-2-4-13-6-10/h2-4,6,9,11,16H,5,7-8H2,1H3,(H,14,17). The van der Waals surface area contributed by atoms with Gasteiger partial charge < -0.3 is 10.4 Å².